The van der Waals surface area contributed by atoms with Crippen LogP contribution in [-0.2, 0) is 14.2 Å². The second kappa shape index (κ2) is 12.3. The Morgan fingerprint density at radius 3 is 2.36 bits per heavy atom. The van der Waals surface area contributed by atoms with Crippen molar-refractivity contribution in [2.45, 2.75) is 26.4 Å². The standard InChI is InChI=1S/C26H32N2O8/c1-26(2,3)36-25(32)28-10-12-34-14-13-33-11-9-27-18-15-20(17-7-5-4-6-8-17)35-21-16-19(29)23(30)24(31)22(18)21/h4-8,15-16,29-31H,9-14H2,1-3H3,(H,28,32). The van der Waals surface area contributed by atoms with Gasteiger partial charge in [-0.05, 0) is 20.8 Å². The first kappa shape index (κ1) is 26.8. The van der Waals surface area contributed by atoms with Crippen LogP contribution >= 0.6 is 0 Å². The van der Waals surface area contributed by atoms with E-state index in [4.69, 9.17) is 18.6 Å². The third kappa shape index (κ3) is 7.62. The second-order valence-corrected chi connectivity index (χ2v) is 8.86. The predicted molar refractivity (Wildman–Crippen MR) is 133 cm³/mol. The average Bonchev–Trinajstić information content (AvgIpc) is 2.82. The number of hydrogen-bond acceptors (Lipinski definition) is 9. The van der Waals surface area contributed by atoms with Crippen LogP contribution in [0.4, 0.5) is 4.79 Å². The molecular formula is C26H32N2O8. The maximum Gasteiger partial charge on any atom is 0.407 e. The van der Waals surface area contributed by atoms with Crippen molar-refractivity contribution in [2.75, 3.05) is 39.5 Å². The lowest BCUT2D eigenvalue weighted by Gasteiger charge is -2.19. The molecule has 0 spiro atoms. The van der Waals surface area contributed by atoms with Gasteiger partial charge in [0, 0.05) is 24.2 Å². The summed E-state index contributed by atoms with van der Waals surface area (Å²) in [5, 5.41) is 33.5. The minimum Gasteiger partial charge on any atom is -0.504 e. The Morgan fingerprint density at radius 2 is 1.67 bits per heavy atom. The van der Waals surface area contributed by atoms with E-state index in [1.165, 1.54) is 6.07 Å². The molecule has 36 heavy (non-hydrogen) atoms. The molecule has 10 heteroatoms. The van der Waals surface area contributed by atoms with E-state index in [-0.39, 0.29) is 17.5 Å². The van der Waals surface area contributed by atoms with Gasteiger partial charge in [-0.25, -0.2) is 4.79 Å². The number of carbonyl (C=O) groups excluding carboxylic acids is 1. The highest BCUT2D eigenvalue weighted by Gasteiger charge is 2.17. The number of rotatable bonds is 10. The van der Waals surface area contributed by atoms with Crippen LogP contribution in [0, 0.1) is 0 Å². The van der Waals surface area contributed by atoms with E-state index in [0.717, 1.165) is 5.56 Å². The van der Waals surface area contributed by atoms with Crippen LogP contribution in [0.5, 0.6) is 17.2 Å². The number of ether oxygens (including phenoxy) is 3. The highest BCUT2D eigenvalue weighted by molar-refractivity contribution is 5.89. The summed E-state index contributed by atoms with van der Waals surface area (Å²) in [4.78, 5) is 16.1. The van der Waals surface area contributed by atoms with Gasteiger partial charge in [0.1, 0.15) is 16.9 Å². The predicted octanol–water partition coefficient (Wildman–Crippen LogP) is 3.68. The number of phenols is 3. The van der Waals surface area contributed by atoms with Gasteiger partial charge in [0.15, 0.2) is 11.5 Å². The molecule has 3 rings (SSSR count). The van der Waals surface area contributed by atoms with Crippen molar-refractivity contribution in [3.8, 4) is 28.6 Å². The van der Waals surface area contributed by atoms with Crippen LogP contribution in [0.2, 0.25) is 0 Å². The molecule has 0 fully saturated rings. The number of nitrogens with one attached hydrogen (secondary N) is 1. The zero-order valence-corrected chi connectivity index (χ0v) is 20.6. The molecule has 194 valence electrons. The topological polar surface area (TPSA) is 143 Å². The number of aromatic hydroxyl groups is 3. The lowest BCUT2D eigenvalue weighted by atomic mass is 10.1. The largest absolute Gasteiger partial charge is 0.504 e. The molecular weight excluding hydrogens is 468 g/mol. The first-order valence-corrected chi connectivity index (χ1v) is 11.6. The van der Waals surface area contributed by atoms with Crippen LogP contribution in [-0.4, -0.2) is 66.5 Å². The minimum absolute atomic E-state index is 0.178. The second-order valence-electron chi connectivity index (χ2n) is 8.86. The van der Waals surface area contributed by atoms with Gasteiger partial charge in [-0.3, -0.25) is 4.99 Å². The molecule has 0 unspecified atom stereocenters. The summed E-state index contributed by atoms with van der Waals surface area (Å²) in [6, 6.07) is 12.2. The summed E-state index contributed by atoms with van der Waals surface area (Å²) in [5.74, 6) is -1.16. The average molecular weight is 501 g/mol. The van der Waals surface area contributed by atoms with Gasteiger partial charge in [-0.1, -0.05) is 30.3 Å². The number of nitrogens with zero attached hydrogens (tertiary/aromatic N) is 1. The van der Waals surface area contributed by atoms with Crippen molar-refractivity contribution in [1.82, 2.24) is 5.32 Å². The molecule has 10 nitrogen and oxygen atoms in total. The summed E-state index contributed by atoms with van der Waals surface area (Å²) in [5.41, 5.74) is 0.420. The van der Waals surface area contributed by atoms with Gasteiger partial charge < -0.3 is 39.3 Å². The maximum absolute atomic E-state index is 11.6. The SMILES string of the molecule is CC(C)(C)OC(=O)NCCOCCOCCN=c1cc(-c2ccccc2)oc2cc(O)c(O)c(O)c12. The Balaban J connectivity index is 1.55. The molecule has 0 saturated heterocycles. The molecule has 0 bridgehead atoms. The van der Waals surface area contributed by atoms with Crippen molar-refractivity contribution in [3.63, 3.8) is 0 Å². The van der Waals surface area contributed by atoms with Gasteiger partial charge in [0.25, 0.3) is 0 Å². The minimum atomic E-state index is -0.642. The zero-order valence-electron chi connectivity index (χ0n) is 20.6. The Bertz CT molecular complexity index is 1230. The number of phenolic OH excluding ortho intramolecular Hbond substituents is 3. The van der Waals surface area contributed by atoms with E-state index in [0.29, 0.717) is 44.1 Å². The first-order valence-electron chi connectivity index (χ1n) is 11.6. The van der Waals surface area contributed by atoms with Gasteiger partial charge in [-0.2, -0.15) is 0 Å². The fraction of sp³-hybridized carbons (Fsp3) is 0.385. The third-order valence-corrected chi connectivity index (χ3v) is 4.82. The molecule has 0 aliphatic heterocycles. The quantitative estimate of drug-likeness (QED) is 0.244. The van der Waals surface area contributed by atoms with Crippen LogP contribution in [0.25, 0.3) is 22.3 Å². The Labute approximate surface area is 208 Å². The normalized spacial score (nSPS) is 12.1. The third-order valence-electron chi connectivity index (χ3n) is 4.82. The van der Waals surface area contributed by atoms with Crippen molar-refractivity contribution in [3.05, 3.63) is 47.8 Å². The van der Waals surface area contributed by atoms with E-state index in [1.54, 1.807) is 26.8 Å². The monoisotopic (exact) mass is 500 g/mol. The van der Waals surface area contributed by atoms with Crippen LogP contribution in [0.15, 0.2) is 51.9 Å². The smallest absolute Gasteiger partial charge is 0.407 e. The van der Waals surface area contributed by atoms with Crippen molar-refractivity contribution < 1.29 is 38.7 Å². The molecule has 2 aromatic carbocycles. The van der Waals surface area contributed by atoms with E-state index >= 15 is 0 Å². The number of alkyl carbamates (subject to hydrolysis) is 1. The molecule has 0 radical (unpaired) electrons. The van der Waals surface area contributed by atoms with Crippen molar-refractivity contribution >= 4 is 17.1 Å². The molecule has 1 heterocycles. The van der Waals surface area contributed by atoms with E-state index < -0.39 is 28.9 Å². The van der Waals surface area contributed by atoms with Crippen LogP contribution in [0.1, 0.15) is 20.8 Å². The molecule has 1 aromatic heterocycles. The zero-order chi connectivity index (χ0) is 26.1. The molecule has 0 atom stereocenters. The van der Waals surface area contributed by atoms with Gasteiger partial charge in [0.05, 0.1) is 43.7 Å². The molecule has 0 aliphatic rings. The van der Waals surface area contributed by atoms with Crippen LogP contribution in [0.3, 0.4) is 0 Å². The summed E-state index contributed by atoms with van der Waals surface area (Å²) >= 11 is 0. The van der Waals surface area contributed by atoms with Crippen LogP contribution < -0.4 is 10.7 Å². The highest BCUT2D eigenvalue weighted by atomic mass is 16.6. The number of fused-ring (bicyclic) bond motifs is 1. The fourth-order valence-corrected chi connectivity index (χ4v) is 3.25. The number of hydrogen-bond donors (Lipinski definition) is 4. The number of benzene rings is 2. The van der Waals surface area contributed by atoms with Gasteiger partial charge in [0.2, 0.25) is 5.75 Å². The molecule has 4 N–H and O–H groups in total. The van der Waals surface area contributed by atoms with E-state index in [1.807, 2.05) is 30.3 Å². The highest BCUT2D eigenvalue weighted by Crippen LogP contribution is 2.40. The maximum atomic E-state index is 11.6. The summed E-state index contributed by atoms with van der Waals surface area (Å²) in [7, 11) is 0. The Morgan fingerprint density at radius 1 is 0.972 bits per heavy atom. The Hall–Kier alpha value is -3.76. The summed E-state index contributed by atoms with van der Waals surface area (Å²) < 4.78 is 22.0. The molecule has 1 amide bonds. The van der Waals surface area contributed by atoms with Crippen molar-refractivity contribution in [2.24, 2.45) is 4.99 Å². The van der Waals surface area contributed by atoms with Gasteiger partial charge >= 0.3 is 6.09 Å². The molecule has 0 saturated carbocycles. The first-order chi connectivity index (χ1) is 17.2. The molecule has 0 aliphatic carbocycles. The summed E-state index contributed by atoms with van der Waals surface area (Å²) in [6.07, 6.45) is -0.491. The fourth-order valence-electron chi connectivity index (χ4n) is 3.25. The summed E-state index contributed by atoms with van der Waals surface area (Å²) in [6.45, 7) is 7.27. The molecule has 3 aromatic rings. The lowest BCUT2D eigenvalue weighted by molar-refractivity contribution is 0.0411. The lowest BCUT2D eigenvalue weighted by Crippen LogP contribution is -2.34. The Kier molecular flexibility index (Phi) is 9.15. The van der Waals surface area contributed by atoms with Gasteiger partial charge in [-0.15, -0.1) is 0 Å². The van der Waals surface area contributed by atoms with Crippen molar-refractivity contribution in [1.29, 1.82) is 0 Å². The van der Waals surface area contributed by atoms with E-state index in [2.05, 4.69) is 10.3 Å². The number of carbonyl (C=O) groups is 1. The number of amides is 1. The van der Waals surface area contributed by atoms with E-state index in [9.17, 15) is 20.1 Å².